The summed E-state index contributed by atoms with van der Waals surface area (Å²) >= 11 is 11.6. The Hall–Kier alpha value is -0.990. The lowest BCUT2D eigenvalue weighted by Gasteiger charge is -2.06. The number of benzene rings is 1. The molecule has 0 saturated heterocycles. The van der Waals surface area contributed by atoms with Crippen molar-refractivity contribution in [1.29, 1.82) is 0 Å². The van der Waals surface area contributed by atoms with E-state index in [1.165, 1.54) is 0 Å². The van der Waals surface area contributed by atoms with Gasteiger partial charge in [0.25, 0.3) is 5.91 Å². The van der Waals surface area contributed by atoms with Crippen molar-refractivity contribution in [3.8, 4) is 0 Å². The monoisotopic (exact) mass is 257 g/mol. The van der Waals surface area contributed by atoms with Gasteiger partial charge in [0.15, 0.2) is 0 Å². The molecule has 1 amide bonds. The lowest BCUT2D eigenvalue weighted by molar-refractivity contribution is 0.0954. The van der Waals surface area contributed by atoms with Crippen LogP contribution in [0.2, 0.25) is 10.0 Å². The minimum atomic E-state index is -0.192. The van der Waals surface area contributed by atoms with E-state index in [4.69, 9.17) is 23.2 Å². The number of amides is 1. The third-order valence-corrected chi connectivity index (χ3v) is 2.56. The smallest absolute Gasteiger partial charge is 0.252 e. The molecule has 0 radical (unpaired) electrons. The number of hydrogen-bond donors (Lipinski definition) is 1. The molecule has 16 heavy (non-hydrogen) atoms. The van der Waals surface area contributed by atoms with Crippen molar-refractivity contribution in [2.75, 3.05) is 6.54 Å². The van der Waals surface area contributed by atoms with Crippen LogP contribution in [0.15, 0.2) is 30.4 Å². The Morgan fingerprint density at radius 3 is 2.69 bits per heavy atom. The number of halogens is 2. The number of rotatable bonds is 4. The molecule has 4 heteroatoms. The van der Waals surface area contributed by atoms with Crippen molar-refractivity contribution >= 4 is 29.1 Å². The maximum Gasteiger partial charge on any atom is 0.252 e. The SMILES string of the molecule is C=C(C)CCNC(=O)c1ccc(Cl)cc1Cl. The van der Waals surface area contributed by atoms with E-state index in [-0.39, 0.29) is 5.91 Å². The van der Waals surface area contributed by atoms with Gasteiger partial charge in [0.1, 0.15) is 0 Å². The molecule has 0 aliphatic carbocycles. The molecule has 2 nitrogen and oxygen atoms in total. The van der Waals surface area contributed by atoms with Gasteiger partial charge < -0.3 is 5.32 Å². The van der Waals surface area contributed by atoms with E-state index in [0.29, 0.717) is 22.2 Å². The maximum absolute atomic E-state index is 11.7. The molecular formula is C12H13Cl2NO. The normalized spacial score (nSPS) is 9.94. The summed E-state index contributed by atoms with van der Waals surface area (Å²) in [5.74, 6) is -0.192. The van der Waals surface area contributed by atoms with Crippen molar-refractivity contribution in [3.05, 3.63) is 46.0 Å². The molecule has 1 N–H and O–H groups in total. The lowest BCUT2D eigenvalue weighted by Crippen LogP contribution is -2.24. The van der Waals surface area contributed by atoms with E-state index >= 15 is 0 Å². The van der Waals surface area contributed by atoms with Crippen LogP contribution in [-0.4, -0.2) is 12.5 Å². The second kappa shape index (κ2) is 5.92. The fourth-order valence-electron chi connectivity index (χ4n) is 1.16. The topological polar surface area (TPSA) is 29.1 Å². The van der Waals surface area contributed by atoms with Crippen molar-refractivity contribution in [2.24, 2.45) is 0 Å². The van der Waals surface area contributed by atoms with Crippen molar-refractivity contribution in [2.45, 2.75) is 13.3 Å². The zero-order chi connectivity index (χ0) is 12.1. The molecule has 1 rings (SSSR count). The van der Waals surface area contributed by atoms with Crippen LogP contribution in [0.5, 0.6) is 0 Å². The average molecular weight is 258 g/mol. The van der Waals surface area contributed by atoms with E-state index in [1.807, 2.05) is 6.92 Å². The molecule has 0 bridgehead atoms. The van der Waals surface area contributed by atoms with Gasteiger partial charge in [-0.3, -0.25) is 4.79 Å². The second-order valence-corrected chi connectivity index (χ2v) is 4.43. The molecule has 0 atom stereocenters. The molecule has 0 aliphatic rings. The van der Waals surface area contributed by atoms with Crippen LogP contribution in [0.25, 0.3) is 0 Å². The van der Waals surface area contributed by atoms with Gasteiger partial charge in [-0.05, 0) is 31.5 Å². The highest BCUT2D eigenvalue weighted by molar-refractivity contribution is 6.36. The number of nitrogens with one attached hydrogen (secondary N) is 1. The van der Waals surface area contributed by atoms with Crippen LogP contribution in [0.3, 0.4) is 0 Å². The third-order valence-electron chi connectivity index (χ3n) is 2.01. The number of carbonyl (C=O) groups excluding carboxylic acids is 1. The van der Waals surface area contributed by atoms with Crippen LogP contribution >= 0.6 is 23.2 Å². The largest absolute Gasteiger partial charge is 0.352 e. The van der Waals surface area contributed by atoms with E-state index in [0.717, 1.165) is 12.0 Å². The third kappa shape index (κ3) is 3.87. The van der Waals surface area contributed by atoms with Crippen LogP contribution in [0, 0.1) is 0 Å². The Bertz CT molecular complexity index is 415. The first-order valence-electron chi connectivity index (χ1n) is 4.88. The Morgan fingerprint density at radius 1 is 1.44 bits per heavy atom. The van der Waals surface area contributed by atoms with Gasteiger partial charge in [-0.1, -0.05) is 28.8 Å². The van der Waals surface area contributed by atoms with Gasteiger partial charge in [0, 0.05) is 11.6 Å². The predicted octanol–water partition coefficient (Wildman–Crippen LogP) is 3.69. The van der Waals surface area contributed by atoms with Gasteiger partial charge in [-0.2, -0.15) is 0 Å². The molecule has 0 fully saturated rings. The lowest BCUT2D eigenvalue weighted by atomic mass is 10.2. The maximum atomic E-state index is 11.7. The standard InChI is InChI=1S/C12H13Cl2NO/c1-8(2)5-6-15-12(16)10-4-3-9(13)7-11(10)14/h3-4,7H,1,5-6H2,2H3,(H,15,16). The summed E-state index contributed by atoms with van der Waals surface area (Å²) in [6.07, 6.45) is 0.761. The minimum Gasteiger partial charge on any atom is -0.352 e. The molecule has 86 valence electrons. The Labute approximate surface area is 105 Å². The summed E-state index contributed by atoms with van der Waals surface area (Å²) in [6.45, 7) is 6.24. The fourth-order valence-corrected chi connectivity index (χ4v) is 1.65. The number of hydrogen-bond acceptors (Lipinski definition) is 1. The Kier molecular flexibility index (Phi) is 4.84. The quantitative estimate of drug-likeness (QED) is 0.820. The van der Waals surface area contributed by atoms with Gasteiger partial charge >= 0.3 is 0 Å². The molecule has 0 aromatic heterocycles. The predicted molar refractivity (Wildman–Crippen MR) is 68.2 cm³/mol. The first-order chi connectivity index (χ1) is 7.50. The molecule has 0 aliphatic heterocycles. The highest BCUT2D eigenvalue weighted by Gasteiger charge is 2.09. The minimum absolute atomic E-state index is 0.192. The highest BCUT2D eigenvalue weighted by Crippen LogP contribution is 2.20. The molecule has 0 spiro atoms. The van der Waals surface area contributed by atoms with Crippen LogP contribution in [-0.2, 0) is 0 Å². The average Bonchev–Trinajstić information content (AvgIpc) is 2.16. The molecule has 0 heterocycles. The fraction of sp³-hybridized carbons (Fsp3) is 0.250. The van der Waals surface area contributed by atoms with Gasteiger partial charge in [-0.15, -0.1) is 6.58 Å². The molecule has 1 aromatic rings. The second-order valence-electron chi connectivity index (χ2n) is 3.59. The molecule has 0 unspecified atom stereocenters. The Morgan fingerprint density at radius 2 is 2.12 bits per heavy atom. The first-order valence-corrected chi connectivity index (χ1v) is 5.64. The van der Waals surface area contributed by atoms with Crippen molar-refractivity contribution in [3.63, 3.8) is 0 Å². The summed E-state index contributed by atoms with van der Waals surface area (Å²) in [7, 11) is 0. The summed E-state index contributed by atoms with van der Waals surface area (Å²) < 4.78 is 0. The molecule has 0 saturated carbocycles. The zero-order valence-corrected chi connectivity index (χ0v) is 10.5. The van der Waals surface area contributed by atoms with E-state index in [1.54, 1.807) is 18.2 Å². The van der Waals surface area contributed by atoms with Gasteiger partial charge in [0.2, 0.25) is 0 Å². The van der Waals surface area contributed by atoms with E-state index in [2.05, 4.69) is 11.9 Å². The van der Waals surface area contributed by atoms with Crippen molar-refractivity contribution < 1.29 is 4.79 Å². The van der Waals surface area contributed by atoms with Gasteiger partial charge in [0.05, 0.1) is 10.6 Å². The summed E-state index contributed by atoms with van der Waals surface area (Å²) in [5.41, 5.74) is 1.47. The van der Waals surface area contributed by atoms with Crippen LogP contribution < -0.4 is 5.32 Å². The van der Waals surface area contributed by atoms with E-state index in [9.17, 15) is 4.79 Å². The van der Waals surface area contributed by atoms with Crippen molar-refractivity contribution in [1.82, 2.24) is 5.32 Å². The Balaban J connectivity index is 2.63. The summed E-state index contributed by atoms with van der Waals surface area (Å²) in [5, 5.41) is 3.64. The number of carbonyl (C=O) groups is 1. The summed E-state index contributed by atoms with van der Waals surface area (Å²) in [4.78, 5) is 11.7. The molecule has 1 aromatic carbocycles. The van der Waals surface area contributed by atoms with Crippen LogP contribution in [0.1, 0.15) is 23.7 Å². The van der Waals surface area contributed by atoms with Crippen LogP contribution in [0.4, 0.5) is 0 Å². The first kappa shape index (κ1) is 13.1. The summed E-state index contributed by atoms with van der Waals surface area (Å²) in [6, 6.07) is 4.80. The molecular weight excluding hydrogens is 245 g/mol. The van der Waals surface area contributed by atoms with E-state index < -0.39 is 0 Å². The highest BCUT2D eigenvalue weighted by atomic mass is 35.5. The zero-order valence-electron chi connectivity index (χ0n) is 9.02. The van der Waals surface area contributed by atoms with Gasteiger partial charge in [-0.25, -0.2) is 0 Å².